The second-order valence-electron chi connectivity index (χ2n) is 4.69. The Bertz CT molecular complexity index is 615. The molecule has 0 saturated carbocycles. The number of carbonyl (C=O) groups excluding carboxylic acids is 1. The number of benzene rings is 1. The van der Waals surface area contributed by atoms with E-state index in [0.29, 0.717) is 23.4 Å². The summed E-state index contributed by atoms with van der Waals surface area (Å²) >= 11 is 0. The molecule has 0 atom stereocenters. The first kappa shape index (κ1) is 13.3. The summed E-state index contributed by atoms with van der Waals surface area (Å²) in [7, 11) is 0. The third kappa shape index (κ3) is 2.67. The van der Waals surface area contributed by atoms with Crippen LogP contribution in [-0.4, -0.2) is 11.1 Å². The van der Waals surface area contributed by atoms with Crippen molar-refractivity contribution in [2.24, 2.45) is 0 Å². The predicted octanol–water partition coefficient (Wildman–Crippen LogP) is 3.41. The molecule has 1 aromatic heterocycles. The summed E-state index contributed by atoms with van der Waals surface area (Å²) in [6.45, 7) is 7.72. The minimum atomic E-state index is -0.164. The molecule has 0 aliphatic carbocycles. The van der Waals surface area contributed by atoms with Crippen molar-refractivity contribution in [2.45, 2.75) is 34.1 Å². The molecule has 0 spiro atoms. The lowest BCUT2D eigenvalue weighted by atomic mass is 10.1. The molecule has 4 nitrogen and oxygen atoms in total. The Kier molecular flexibility index (Phi) is 3.69. The average Bonchev–Trinajstić information content (AvgIpc) is 2.74. The van der Waals surface area contributed by atoms with Crippen molar-refractivity contribution in [1.29, 1.82) is 0 Å². The van der Waals surface area contributed by atoms with Gasteiger partial charge in [0.15, 0.2) is 0 Å². The molecule has 1 N–H and O–H groups in total. The highest BCUT2D eigenvalue weighted by atomic mass is 16.5. The molecule has 0 aliphatic rings. The number of aryl methyl sites for hydroxylation is 4. The molecule has 100 valence electrons. The predicted molar refractivity (Wildman–Crippen MR) is 74.5 cm³/mol. The quantitative estimate of drug-likeness (QED) is 0.917. The van der Waals surface area contributed by atoms with Crippen LogP contribution in [0.4, 0.5) is 5.69 Å². The SMILES string of the molecule is CCc1onc(C)c1C(=O)Nc1ccc(C)cc1C. The summed E-state index contributed by atoms with van der Waals surface area (Å²) in [6, 6.07) is 5.93. The molecule has 0 fully saturated rings. The minimum Gasteiger partial charge on any atom is -0.360 e. The van der Waals surface area contributed by atoms with Gasteiger partial charge in [0.05, 0.1) is 5.69 Å². The van der Waals surface area contributed by atoms with Crippen LogP contribution in [0.3, 0.4) is 0 Å². The van der Waals surface area contributed by atoms with Crippen molar-refractivity contribution in [3.05, 3.63) is 46.3 Å². The maximum absolute atomic E-state index is 12.3. The molecular weight excluding hydrogens is 240 g/mol. The van der Waals surface area contributed by atoms with Crippen LogP contribution in [-0.2, 0) is 6.42 Å². The molecule has 19 heavy (non-hydrogen) atoms. The Morgan fingerprint density at radius 1 is 1.32 bits per heavy atom. The van der Waals surface area contributed by atoms with Crippen molar-refractivity contribution >= 4 is 11.6 Å². The van der Waals surface area contributed by atoms with Gasteiger partial charge in [0, 0.05) is 12.1 Å². The van der Waals surface area contributed by atoms with E-state index >= 15 is 0 Å². The van der Waals surface area contributed by atoms with Crippen LogP contribution in [0.5, 0.6) is 0 Å². The highest BCUT2D eigenvalue weighted by molar-refractivity contribution is 6.06. The van der Waals surface area contributed by atoms with E-state index in [4.69, 9.17) is 4.52 Å². The summed E-state index contributed by atoms with van der Waals surface area (Å²) in [5.74, 6) is 0.460. The van der Waals surface area contributed by atoms with E-state index in [1.165, 1.54) is 5.56 Å². The Labute approximate surface area is 112 Å². The number of carbonyl (C=O) groups is 1. The molecule has 0 radical (unpaired) electrons. The van der Waals surface area contributed by atoms with Crippen molar-refractivity contribution in [3.63, 3.8) is 0 Å². The average molecular weight is 258 g/mol. The summed E-state index contributed by atoms with van der Waals surface area (Å²) in [4.78, 5) is 12.3. The third-order valence-electron chi connectivity index (χ3n) is 3.11. The highest BCUT2D eigenvalue weighted by Crippen LogP contribution is 2.20. The normalized spacial score (nSPS) is 10.5. The number of rotatable bonds is 3. The lowest BCUT2D eigenvalue weighted by Crippen LogP contribution is -2.15. The highest BCUT2D eigenvalue weighted by Gasteiger charge is 2.19. The molecule has 0 unspecified atom stereocenters. The van der Waals surface area contributed by atoms with E-state index in [9.17, 15) is 4.79 Å². The summed E-state index contributed by atoms with van der Waals surface area (Å²) in [6.07, 6.45) is 0.649. The number of hydrogen-bond donors (Lipinski definition) is 1. The lowest BCUT2D eigenvalue weighted by Gasteiger charge is -2.09. The third-order valence-corrected chi connectivity index (χ3v) is 3.11. The molecule has 2 rings (SSSR count). The largest absolute Gasteiger partial charge is 0.360 e. The van der Waals surface area contributed by atoms with Crippen LogP contribution in [0.15, 0.2) is 22.7 Å². The zero-order valence-corrected chi connectivity index (χ0v) is 11.7. The molecular formula is C15H18N2O2. The van der Waals surface area contributed by atoms with Crippen LogP contribution in [0, 0.1) is 20.8 Å². The molecule has 4 heteroatoms. The standard InChI is InChI=1S/C15H18N2O2/c1-5-13-14(11(4)17-19-13)15(18)16-12-7-6-9(2)8-10(12)3/h6-8H,5H2,1-4H3,(H,16,18). The van der Waals surface area contributed by atoms with Gasteiger partial charge in [-0.15, -0.1) is 0 Å². The fourth-order valence-electron chi connectivity index (χ4n) is 2.09. The van der Waals surface area contributed by atoms with Gasteiger partial charge in [0.25, 0.3) is 5.91 Å². The molecule has 2 aromatic rings. The summed E-state index contributed by atoms with van der Waals surface area (Å²) in [5, 5.41) is 6.77. The van der Waals surface area contributed by atoms with Crippen molar-refractivity contribution in [1.82, 2.24) is 5.16 Å². The first-order chi connectivity index (χ1) is 9.02. The minimum absolute atomic E-state index is 0.164. The number of nitrogens with one attached hydrogen (secondary N) is 1. The zero-order valence-electron chi connectivity index (χ0n) is 11.7. The lowest BCUT2D eigenvalue weighted by molar-refractivity contribution is 0.102. The van der Waals surface area contributed by atoms with E-state index < -0.39 is 0 Å². The van der Waals surface area contributed by atoms with Gasteiger partial charge in [-0.25, -0.2) is 0 Å². The van der Waals surface area contributed by atoms with E-state index in [1.54, 1.807) is 6.92 Å². The number of amides is 1. The number of aromatic nitrogens is 1. The fourth-order valence-corrected chi connectivity index (χ4v) is 2.09. The monoisotopic (exact) mass is 258 g/mol. The van der Waals surface area contributed by atoms with Crippen molar-refractivity contribution in [2.75, 3.05) is 5.32 Å². The van der Waals surface area contributed by atoms with Crippen LogP contribution >= 0.6 is 0 Å². The van der Waals surface area contributed by atoms with E-state index in [2.05, 4.69) is 10.5 Å². The second kappa shape index (κ2) is 5.26. The molecule has 0 bridgehead atoms. The van der Waals surface area contributed by atoms with Gasteiger partial charge < -0.3 is 9.84 Å². The van der Waals surface area contributed by atoms with Gasteiger partial charge in [-0.05, 0) is 32.4 Å². The molecule has 1 heterocycles. The van der Waals surface area contributed by atoms with Gasteiger partial charge in [0.2, 0.25) is 0 Å². The maximum atomic E-state index is 12.3. The summed E-state index contributed by atoms with van der Waals surface area (Å²) < 4.78 is 5.14. The van der Waals surface area contributed by atoms with E-state index in [-0.39, 0.29) is 5.91 Å². The van der Waals surface area contributed by atoms with Crippen molar-refractivity contribution in [3.8, 4) is 0 Å². The van der Waals surface area contributed by atoms with Gasteiger partial charge >= 0.3 is 0 Å². The topological polar surface area (TPSA) is 55.1 Å². The molecule has 1 amide bonds. The van der Waals surface area contributed by atoms with Crippen LogP contribution < -0.4 is 5.32 Å². The van der Waals surface area contributed by atoms with Crippen LogP contribution in [0.2, 0.25) is 0 Å². The van der Waals surface area contributed by atoms with Gasteiger partial charge in [-0.1, -0.05) is 29.8 Å². The molecule has 0 aliphatic heterocycles. The second-order valence-corrected chi connectivity index (χ2v) is 4.69. The summed E-state index contributed by atoms with van der Waals surface area (Å²) in [5.41, 5.74) is 4.20. The Hall–Kier alpha value is -2.10. The van der Waals surface area contributed by atoms with Gasteiger partial charge in [-0.2, -0.15) is 0 Å². The number of hydrogen-bond acceptors (Lipinski definition) is 3. The number of anilines is 1. The van der Waals surface area contributed by atoms with Gasteiger partial charge in [-0.3, -0.25) is 4.79 Å². The first-order valence-electron chi connectivity index (χ1n) is 6.36. The smallest absolute Gasteiger partial charge is 0.261 e. The number of nitrogens with zero attached hydrogens (tertiary/aromatic N) is 1. The maximum Gasteiger partial charge on any atom is 0.261 e. The van der Waals surface area contributed by atoms with Gasteiger partial charge in [0.1, 0.15) is 11.3 Å². The van der Waals surface area contributed by atoms with E-state index in [0.717, 1.165) is 11.3 Å². The first-order valence-corrected chi connectivity index (χ1v) is 6.36. The van der Waals surface area contributed by atoms with Crippen LogP contribution in [0.1, 0.15) is 39.9 Å². The Morgan fingerprint density at radius 3 is 2.68 bits per heavy atom. The van der Waals surface area contributed by atoms with Crippen LogP contribution in [0.25, 0.3) is 0 Å². The Morgan fingerprint density at radius 2 is 2.05 bits per heavy atom. The Balaban J connectivity index is 2.28. The molecule has 0 saturated heterocycles. The van der Waals surface area contributed by atoms with Crippen molar-refractivity contribution < 1.29 is 9.32 Å². The fraction of sp³-hybridized carbons (Fsp3) is 0.333. The molecule has 1 aromatic carbocycles. The van der Waals surface area contributed by atoms with E-state index in [1.807, 2.05) is 39.0 Å². The zero-order chi connectivity index (χ0) is 14.0.